The molecule has 0 bridgehead atoms. The SMILES string of the molecule is CC(C)(C)C(=O)ON1CCC(c2nc(-c3ccccc3)cs2)CC1. The Morgan fingerprint density at radius 2 is 1.88 bits per heavy atom. The molecule has 1 fully saturated rings. The van der Waals surface area contributed by atoms with E-state index in [4.69, 9.17) is 9.82 Å². The molecule has 0 N–H and O–H groups in total. The van der Waals surface area contributed by atoms with E-state index in [-0.39, 0.29) is 5.97 Å². The summed E-state index contributed by atoms with van der Waals surface area (Å²) >= 11 is 1.73. The third-order valence-corrected chi connectivity index (χ3v) is 5.23. The summed E-state index contributed by atoms with van der Waals surface area (Å²) in [5.74, 6) is 0.290. The number of piperidine rings is 1. The first-order valence-electron chi connectivity index (χ1n) is 8.41. The molecule has 0 amide bonds. The lowest BCUT2D eigenvalue weighted by atomic mass is 9.97. The first kappa shape index (κ1) is 17.1. The van der Waals surface area contributed by atoms with Crippen molar-refractivity contribution < 1.29 is 9.63 Å². The molecule has 4 nitrogen and oxygen atoms in total. The van der Waals surface area contributed by atoms with E-state index in [1.165, 1.54) is 5.01 Å². The molecule has 0 aliphatic carbocycles. The Kier molecular flexibility index (Phi) is 5.01. The topological polar surface area (TPSA) is 42.4 Å². The summed E-state index contributed by atoms with van der Waals surface area (Å²) in [6.45, 7) is 7.17. The minimum Gasteiger partial charge on any atom is -0.367 e. The molecular formula is C19H24N2O2S. The van der Waals surface area contributed by atoms with Crippen molar-refractivity contribution in [2.75, 3.05) is 13.1 Å². The summed E-state index contributed by atoms with van der Waals surface area (Å²) < 4.78 is 0. The van der Waals surface area contributed by atoms with Gasteiger partial charge in [0.2, 0.25) is 0 Å². The minimum absolute atomic E-state index is 0.165. The fourth-order valence-corrected chi connectivity index (χ4v) is 3.67. The molecule has 0 saturated carbocycles. The van der Waals surface area contributed by atoms with Crippen LogP contribution < -0.4 is 0 Å². The Morgan fingerprint density at radius 1 is 1.21 bits per heavy atom. The summed E-state index contributed by atoms with van der Waals surface area (Å²) in [5, 5.41) is 5.13. The van der Waals surface area contributed by atoms with Crippen LogP contribution >= 0.6 is 11.3 Å². The van der Waals surface area contributed by atoms with Gasteiger partial charge in [0.1, 0.15) is 0 Å². The van der Waals surface area contributed by atoms with E-state index >= 15 is 0 Å². The fourth-order valence-electron chi connectivity index (χ4n) is 2.66. The van der Waals surface area contributed by atoms with Crippen LogP contribution in [0.25, 0.3) is 11.3 Å². The summed E-state index contributed by atoms with van der Waals surface area (Å²) in [4.78, 5) is 22.3. The molecule has 1 saturated heterocycles. The third-order valence-electron chi connectivity index (χ3n) is 4.22. The zero-order valence-corrected chi connectivity index (χ0v) is 15.3. The van der Waals surface area contributed by atoms with Gasteiger partial charge in [-0.1, -0.05) is 30.3 Å². The molecule has 2 aromatic rings. The lowest BCUT2D eigenvalue weighted by Crippen LogP contribution is -2.38. The molecular weight excluding hydrogens is 320 g/mol. The van der Waals surface area contributed by atoms with Gasteiger partial charge in [-0.15, -0.1) is 16.4 Å². The van der Waals surface area contributed by atoms with Gasteiger partial charge in [0.25, 0.3) is 0 Å². The van der Waals surface area contributed by atoms with Crippen LogP contribution in [0.5, 0.6) is 0 Å². The quantitative estimate of drug-likeness (QED) is 0.822. The van der Waals surface area contributed by atoms with E-state index in [2.05, 4.69) is 17.5 Å². The number of thiazole rings is 1. The van der Waals surface area contributed by atoms with Gasteiger partial charge in [-0.2, -0.15) is 0 Å². The molecule has 0 radical (unpaired) electrons. The summed E-state index contributed by atoms with van der Waals surface area (Å²) in [6, 6.07) is 10.3. The highest BCUT2D eigenvalue weighted by atomic mass is 32.1. The highest BCUT2D eigenvalue weighted by molar-refractivity contribution is 7.10. The molecule has 3 rings (SSSR count). The standard InChI is InChI=1S/C19H24N2O2S/c1-19(2,3)18(22)23-21-11-9-15(10-12-21)17-20-16(13-24-17)14-7-5-4-6-8-14/h4-8,13,15H,9-12H2,1-3H3. The molecule has 128 valence electrons. The zero-order chi connectivity index (χ0) is 17.2. The van der Waals surface area contributed by atoms with Crippen molar-refractivity contribution in [3.63, 3.8) is 0 Å². The Hall–Kier alpha value is -1.72. The Morgan fingerprint density at radius 3 is 2.50 bits per heavy atom. The van der Waals surface area contributed by atoms with Gasteiger partial charge in [-0.25, -0.2) is 9.78 Å². The van der Waals surface area contributed by atoms with E-state index in [0.29, 0.717) is 5.92 Å². The van der Waals surface area contributed by atoms with E-state index in [0.717, 1.165) is 37.2 Å². The molecule has 0 atom stereocenters. The molecule has 2 heterocycles. The van der Waals surface area contributed by atoms with Crippen LogP contribution in [0, 0.1) is 5.41 Å². The smallest absolute Gasteiger partial charge is 0.330 e. The fraction of sp³-hybridized carbons (Fsp3) is 0.474. The molecule has 1 aliphatic rings. The second kappa shape index (κ2) is 7.03. The number of aromatic nitrogens is 1. The first-order valence-corrected chi connectivity index (χ1v) is 9.29. The maximum atomic E-state index is 12.0. The average Bonchev–Trinajstić information content (AvgIpc) is 3.05. The molecule has 0 spiro atoms. The summed E-state index contributed by atoms with van der Waals surface area (Å²) in [5.41, 5.74) is 1.75. The predicted molar refractivity (Wildman–Crippen MR) is 96.6 cm³/mol. The lowest BCUT2D eigenvalue weighted by molar-refractivity contribution is -0.204. The molecule has 0 unspecified atom stereocenters. The Bertz CT molecular complexity index is 683. The Labute approximate surface area is 147 Å². The van der Waals surface area contributed by atoms with Gasteiger partial charge < -0.3 is 4.84 Å². The van der Waals surface area contributed by atoms with E-state index in [1.807, 2.05) is 39.0 Å². The van der Waals surface area contributed by atoms with Crippen LogP contribution in [0.4, 0.5) is 0 Å². The second-order valence-electron chi connectivity index (χ2n) is 7.27. The van der Waals surface area contributed by atoms with Crippen molar-refractivity contribution in [1.82, 2.24) is 10.0 Å². The number of hydroxylamine groups is 2. The monoisotopic (exact) mass is 344 g/mol. The number of hydrogen-bond donors (Lipinski definition) is 0. The number of hydrogen-bond acceptors (Lipinski definition) is 5. The highest BCUT2D eigenvalue weighted by Crippen LogP contribution is 2.33. The first-order chi connectivity index (χ1) is 11.4. The van der Waals surface area contributed by atoms with Gasteiger partial charge in [-0.3, -0.25) is 0 Å². The van der Waals surface area contributed by atoms with Gasteiger partial charge in [0, 0.05) is 30.0 Å². The van der Waals surface area contributed by atoms with Gasteiger partial charge in [-0.05, 0) is 33.6 Å². The van der Waals surface area contributed by atoms with Crippen molar-refractivity contribution in [2.45, 2.75) is 39.5 Å². The molecule has 24 heavy (non-hydrogen) atoms. The maximum Gasteiger partial charge on any atom is 0.330 e. The number of nitrogens with zero attached hydrogens (tertiary/aromatic N) is 2. The number of carbonyl (C=O) groups excluding carboxylic acids is 1. The maximum absolute atomic E-state index is 12.0. The van der Waals surface area contributed by atoms with E-state index in [9.17, 15) is 4.79 Å². The number of carbonyl (C=O) groups is 1. The average molecular weight is 344 g/mol. The van der Waals surface area contributed by atoms with E-state index < -0.39 is 5.41 Å². The van der Waals surface area contributed by atoms with Crippen molar-refractivity contribution in [3.8, 4) is 11.3 Å². The third kappa shape index (κ3) is 4.02. The van der Waals surface area contributed by atoms with Crippen LogP contribution in [-0.2, 0) is 9.63 Å². The van der Waals surface area contributed by atoms with Gasteiger partial charge >= 0.3 is 5.97 Å². The van der Waals surface area contributed by atoms with Crippen LogP contribution in [0.3, 0.4) is 0 Å². The van der Waals surface area contributed by atoms with E-state index in [1.54, 1.807) is 16.4 Å². The van der Waals surface area contributed by atoms with Crippen molar-refractivity contribution in [1.29, 1.82) is 0 Å². The van der Waals surface area contributed by atoms with Crippen LogP contribution in [0.1, 0.15) is 44.5 Å². The van der Waals surface area contributed by atoms with Crippen molar-refractivity contribution >= 4 is 17.3 Å². The minimum atomic E-state index is -0.462. The van der Waals surface area contributed by atoms with Gasteiger partial charge in [0.15, 0.2) is 0 Å². The molecule has 5 heteroatoms. The van der Waals surface area contributed by atoms with Crippen LogP contribution in [0.15, 0.2) is 35.7 Å². The Balaban J connectivity index is 1.58. The van der Waals surface area contributed by atoms with Gasteiger partial charge in [0.05, 0.1) is 16.1 Å². The van der Waals surface area contributed by atoms with Crippen molar-refractivity contribution in [3.05, 3.63) is 40.7 Å². The summed E-state index contributed by atoms with van der Waals surface area (Å²) in [6.07, 6.45) is 1.94. The van der Waals surface area contributed by atoms with Crippen molar-refractivity contribution in [2.24, 2.45) is 5.41 Å². The molecule has 1 aromatic carbocycles. The largest absolute Gasteiger partial charge is 0.367 e. The number of benzene rings is 1. The number of rotatable bonds is 3. The van der Waals surface area contributed by atoms with Crippen LogP contribution in [0.2, 0.25) is 0 Å². The normalized spacial score (nSPS) is 17.0. The molecule has 1 aliphatic heterocycles. The second-order valence-corrected chi connectivity index (χ2v) is 8.16. The predicted octanol–water partition coefficient (Wildman–Crippen LogP) is 4.49. The molecule has 1 aromatic heterocycles. The highest BCUT2D eigenvalue weighted by Gasteiger charge is 2.29. The lowest BCUT2D eigenvalue weighted by Gasteiger charge is -2.31. The van der Waals surface area contributed by atoms with Crippen LogP contribution in [-0.4, -0.2) is 29.1 Å². The summed E-state index contributed by atoms with van der Waals surface area (Å²) in [7, 11) is 0. The zero-order valence-electron chi connectivity index (χ0n) is 14.5.